The maximum absolute atomic E-state index is 12.1. The Labute approximate surface area is 151 Å². The van der Waals surface area contributed by atoms with Crippen molar-refractivity contribution in [2.75, 3.05) is 14.2 Å². The van der Waals surface area contributed by atoms with Crippen molar-refractivity contribution in [2.24, 2.45) is 0 Å². The van der Waals surface area contributed by atoms with E-state index in [1.165, 1.54) is 12.2 Å². The Balaban J connectivity index is 2.39. The molecule has 2 rings (SSSR count). The molecule has 0 N–H and O–H groups in total. The third-order valence-corrected chi connectivity index (χ3v) is 9.21. The fraction of sp³-hybridized carbons (Fsp3) is 0.474. The number of hydroxylamine groups is 2. The molecule has 0 aliphatic heterocycles. The summed E-state index contributed by atoms with van der Waals surface area (Å²) in [6.07, 6.45) is 0.189. The second kappa shape index (κ2) is 7.13. The molecule has 0 unspecified atom stereocenters. The molecular formula is C19H28N2O3Si. The fourth-order valence-electron chi connectivity index (χ4n) is 2.14. The van der Waals surface area contributed by atoms with E-state index in [-0.39, 0.29) is 17.4 Å². The molecule has 0 saturated heterocycles. The zero-order chi connectivity index (χ0) is 18.8. The first-order chi connectivity index (χ1) is 11.5. The molecule has 0 atom stereocenters. The lowest BCUT2D eigenvalue weighted by Gasteiger charge is -2.36. The molecule has 0 bridgehead atoms. The Hall–Kier alpha value is -1.92. The lowest BCUT2D eigenvalue weighted by atomic mass is 10.1. The minimum Gasteiger partial charge on any atom is -0.542 e. The van der Waals surface area contributed by atoms with Crippen LogP contribution in [0.5, 0.6) is 5.75 Å². The summed E-state index contributed by atoms with van der Waals surface area (Å²) in [4.78, 5) is 21.7. The summed E-state index contributed by atoms with van der Waals surface area (Å²) in [5, 5.41) is 2.32. The van der Waals surface area contributed by atoms with E-state index < -0.39 is 8.32 Å². The number of hydrogen-bond acceptors (Lipinski definition) is 4. The van der Waals surface area contributed by atoms with Gasteiger partial charge in [-0.3, -0.25) is 9.63 Å². The molecule has 0 radical (unpaired) electrons. The number of rotatable bonds is 5. The Bertz CT molecular complexity index is 769. The van der Waals surface area contributed by atoms with E-state index in [0.29, 0.717) is 5.69 Å². The van der Waals surface area contributed by atoms with E-state index in [4.69, 9.17) is 14.2 Å². The molecule has 1 heterocycles. The molecule has 1 aromatic heterocycles. The van der Waals surface area contributed by atoms with Crippen LogP contribution in [0.15, 0.2) is 30.3 Å². The van der Waals surface area contributed by atoms with Crippen LogP contribution in [0.4, 0.5) is 0 Å². The van der Waals surface area contributed by atoms with Crippen molar-refractivity contribution >= 4 is 25.1 Å². The smallest absolute Gasteiger partial charge is 0.251 e. The van der Waals surface area contributed by atoms with E-state index in [1.807, 2.05) is 30.3 Å². The van der Waals surface area contributed by atoms with Crippen LogP contribution in [0.2, 0.25) is 18.1 Å². The molecule has 0 spiro atoms. The molecule has 0 fully saturated rings. The van der Waals surface area contributed by atoms with Gasteiger partial charge in [0.05, 0.1) is 19.2 Å². The van der Waals surface area contributed by atoms with E-state index in [2.05, 4.69) is 33.9 Å². The van der Waals surface area contributed by atoms with Gasteiger partial charge >= 0.3 is 0 Å². The average molecular weight is 361 g/mol. The third kappa shape index (κ3) is 4.38. The van der Waals surface area contributed by atoms with Crippen molar-refractivity contribution in [3.63, 3.8) is 0 Å². The highest BCUT2D eigenvalue weighted by atomic mass is 28.4. The molecule has 1 aromatic carbocycles. The van der Waals surface area contributed by atoms with Gasteiger partial charge in [0, 0.05) is 12.4 Å². The number of hydrogen-bond donors (Lipinski definition) is 0. The van der Waals surface area contributed by atoms with Gasteiger partial charge in [0.1, 0.15) is 11.3 Å². The van der Waals surface area contributed by atoms with Gasteiger partial charge < -0.3 is 4.43 Å². The number of para-hydroxylation sites is 1. The predicted molar refractivity (Wildman–Crippen MR) is 103 cm³/mol. The summed E-state index contributed by atoms with van der Waals surface area (Å²) < 4.78 is 6.46. The molecule has 0 aliphatic carbocycles. The number of benzene rings is 1. The Kier molecular flexibility index (Phi) is 5.54. The first kappa shape index (κ1) is 19.4. The van der Waals surface area contributed by atoms with Gasteiger partial charge in [-0.05, 0) is 30.3 Å². The normalized spacial score (nSPS) is 12.3. The molecular weight excluding hydrogens is 332 g/mol. The topological polar surface area (TPSA) is 51.7 Å². The predicted octanol–water partition coefficient (Wildman–Crippen LogP) is 4.18. The summed E-state index contributed by atoms with van der Waals surface area (Å²) in [5.41, 5.74) is 1.50. The summed E-state index contributed by atoms with van der Waals surface area (Å²) in [7, 11) is 1.09. The minimum absolute atomic E-state index is 0.101. The molecule has 25 heavy (non-hydrogen) atoms. The Morgan fingerprint density at radius 3 is 2.48 bits per heavy atom. The highest BCUT2D eigenvalue weighted by molar-refractivity contribution is 6.74. The van der Waals surface area contributed by atoms with Gasteiger partial charge in [-0.25, -0.2) is 10.0 Å². The summed E-state index contributed by atoms with van der Waals surface area (Å²) >= 11 is 0. The van der Waals surface area contributed by atoms with Crippen molar-refractivity contribution in [1.29, 1.82) is 0 Å². The van der Waals surface area contributed by atoms with Crippen molar-refractivity contribution < 1.29 is 14.1 Å². The first-order valence-corrected chi connectivity index (χ1v) is 11.3. The molecule has 0 aliphatic rings. The van der Waals surface area contributed by atoms with Crippen LogP contribution in [-0.4, -0.2) is 38.4 Å². The summed E-state index contributed by atoms with van der Waals surface area (Å²) in [5.74, 6) is 0.649. The minimum atomic E-state index is -1.97. The third-order valence-electron chi connectivity index (χ3n) is 4.87. The highest BCUT2D eigenvalue weighted by Gasteiger charge is 2.39. The van der Waals surface area contributed by atoms with E-state index in [1.54, 1.807) is 7.05 Å². The second-order valence-electron chi connectivity index (χ2n) is 7.74. The zero-order valence-corrected chi connectivity index (χ0v) is 17.2. The average Bonchev–Trinajstić information content (AvgIpc) is 2.53. The fourth-order valence-corrected chi connectivity index (χ4v) is 3.16. The van der Waals surface area contributed by atoms with Gasteiger partial charge in [0.2, 0.25) is 0 Å². The lowest BCUT2D eigenvalue weighted by molar-refractivity contribution is -0.167. The molecule has 136 valence electrons. The second-order valence-corrected chi connectivity index (χ2v) is 12.5. The number of pyridine rings is 1. The van der Waals surface area contributed by atoms with Crippen LogP contribution < -0.4 is 4.43 Å². The van der Waals surface area contributed by atoms with E-state index in [0.717, 1.165) is 16.7 Å². The van der Waals surface area contributed by atoms with Crippen LogP contribution in [0, 0.1) is 0 Å². The van der Waals surface area contributed by atoms with Crippen LogP contribution >= 0.6 is 0 Å². The number of nitrogens with zero attached hydrogens (tertiary/aromatic N) is 2. The largest absolute Gasteiger partial charge is 0.542 e. The number of carbonyl (C=O) groups excluding carboxylic acids is 1. The maximum Gasteiger partial charge on any atom is 0.251 e. The Morgan fingerprint density at radius 2 is 1.88 bits per heavy atom. The van der Waals surface area contributed by atoms with Gasteiger partial charge in [-0.15, -0.1) is 0 Å². The monoisotopic (exact) mass is 360 g/mol. The Morgan fingerprint density at radius 1 is 1.20 bits per heavy atom. The molecule has 5 nitrogen and oxygen atoms in total. The van der Waals surface area contributed by atoms with Crippen LogP contribution in [-0.2, 0) is 16.1 Å². The number of fused-ring (bicyclic) bond motifs is 1. The molecule has 2 aromatic rings. The standard InChI is InChI=1S/C19H28N2O3Si/c1-19(2,3)25(6,7)24-16-10-8-9-14-11-12-15(20-18(14)16)13-17(22)21(4)23-5/h8-12H,13H2,1-7H3. The van der Waals surface area contributed by atoms with Crippen molar-refractivity contribution in [3.05, 3.63) is 36.0 Å². The van der Waals surface area contributed by atoms with Gasteiger partial charge in [0.15, 0.2) is 0 Å². The number of likely N-dealkylation sites (N-methyl/N-ethyl adjacent to an activating group) is 1. The molecule has 1 amide bonds. The summed E-state index contributed by atoms with van der Waals surface area (Å²) in [6.45, 7) is 11.1. The van der Waals surface area contributed by atoms with Crippen LogP contribution in [0.3, 0.4) is 0 Å². The van der Waals surface area contributed by atoms with Gasteiger partial charge in [-0.2, -0.15) is 0 Å². The number of carbonyl (C=O) groups is 1. The molecule has 6 heteroatoms. The number of aromatic nitrogens is 1. The first-order valence-electron chi connectivity index (χ1n) is 8.43. The lowest BCUT2D eigenvalue weighted by Crippen LogP contribution is -2.43. The number of amides is 1. The van der Waals surface area contributed by atoms with Crippen LogP contribution in [0.25, 0.3) is 10.9 Å². The quantitative estimate of drug-likeness (QED) is 0.593. The van der Waals surface area contributed by atoms with Gasteiger partial charge in [-0.1, -0.05) is 39.0 Å². The van der Waals surface area contributed by atoms with Crippen molar-refractivity contribution in [3.8, 4) is 5.75 Å². The van der Waals surface area contributed by atoms with Crippen LogP contribution in [0.1, 0.15) is 26.5 Å². The zero-order valence-electron chi connectivity index (χ0n) is 16.2. The van der Waals surface area contributed by atoms with Crippen molar-refractivity contribution in [1.82, 2.24) is 10.0 Å². The maximum atomic E-state index is 12.1. The highest BCUT2D eigenvalue weighted by Crippen LogP contribution is 2.38. The van der Waals surface area contributed by atoms with E-state index >= 15 is 0 Å². The van der Waals surface area contributed by atoms with Gasteiger partial charge in [0.25, 0.3) is 14.2 Å². The molecule has 0 saturated carbocycles. The van der Waals surface area contributed by atoms with E-state index in [9.17, 15) is 4.79 Å². The summed E-state index contributed by atoms with van der Waals surface area (Å²) in [6, 6.07) is 9.81. The SMILES string of the molecule is CON(C)C(=O)Cc1ccc2cccc(O[Si](C)(C)C(C)(C)C)c2n1. The van der Waals surface area contributed by atoms with Crippen molar-refractivity contribution in [2.45, 2.75) is 45.3 Å².